The number of hydrogen-bond acceptors (Lipinski definition) is 5. The van der Waals surface area contributed by atoms with E-state index in [9.17, 15) is 13.2 Å². The molecule has 1 aromatic heterocycles. The predicted molar refractivity (Wildman–Crippen MR) is 121 cm³/mol. The number of sulfonamides is 1. The van der Waals surface area contributed by atoms with Gasteiger partial charge in [0.1, 0.15) is 18.1 Å². The van der Waals surface area contributed by atoms with E-state index in [0.717, 1.165) is 16.5 Å². The molecule has 0 unspecified atom stereocenters. The molecule has 7 nitrogen and oxygen atoms in total. The summed E-state index contributed by atoms with van der Waals surface area (Å²) in [7, 11) is -3.71. The molecule has 0 aliphatic carbocycles. The van der Waals surface area contributed by atoms with Crippen molar-refractivity contribution < 1.29 is 22.4 Å². The molecular formula is C24H22N2O5S. The summed E-state index contributed by atoms with van der Waals surface area (Å²) in [6.07, 6.45) is 1.48. The minimum Gasteiger partial charge on any atom is -0.492 e. The normalized spacial score (nSPS) is 11.4. The quantitative estimate of drug-likeness (QED) is 0.379. The second-order valence-corrected chi connectivity index (χ2v) is 8.81. The van der Waals surface area contributed by atoms with E-state index in [1.165, 1.54) is 30.5 Å². The Kier molecular flexibility index (Phi) is 6.53. The molecule has 0 atom stereocenters. The summed E-state index contributed by atoms with van der Waals surface area (Å²) >= 11 is 0. The summed E-state index contributed by atoms with van der Waals surface area (Å²) in [5.74, 6) is 0.935. The van der Waals surface area contributed by atoms with Gasteiger partial charge < -0.3 is 14.5 Å². The van der Waals surface area contributed by atoms with E-state index in [1.54, 1.807) is 12.1 Å². The maximum Gasteiger partial charge on any atom is 0.251 e. The third-order valence-corrected chi connectivity index (χ3v) is 6.24. The van der Waals surface area contributed by atoms with Crippen LogP contribution >= 0.6 is 0 Å². The van der Waals surface area contributed by atoms with Crippen LogP contribution in [-0.4, -0.2) is 27.5 Å². The van der Waals surface area contributed by atoms with E-state index in [2.05, 4.69) is 10.0 Å². The second kappa shape index (κ2) is 9.67. The summed E-state index contributed by atoms with van der Waals surface area (Å²) in [5, 5.41) is 4.99. The van der Waals surface area contributed by atoms with Crippen molar-refractivity contribution in [2.75, 3.05) is 13.2 Å². The van der Waals surface area contributed by atoms with Crippen molar-refractivity contribution in [1.82, 2.24) is 10.0 Å². The molecule has 4 rings (SSSR count). The maximum absolute atomic E-state index is 12.4. The monoisotopic (exact) mass is 450 g/mol. The zero-order valence-electron chi connectivity index (χ0n) is 17.2. The molecule has 32 heavy (non-hydrogen) atoms. The van der Waals surface area contributed by atoms with Gasteiger partial charge in [-0.15, -0.1) is 0 Å². The molecule has 164 valence electrons. The molecule has 0 aliphatic heterocycles. The fraction of sp³-hybridized carbons (Fsp3) is 0.125. The van der Waals surface area contributed by atoms with Gasteiger partial charge in [-0.05, 0) is 59.3 Å². The van der Waals surface area contributed by atoms with Gasteiger partial charge in [0.05, 0.1) is 24.2 Å². The highest BCUT2D eigenvalue weighted by Crippen LogP contribution is 2.20. The van der Waals surface area contributed by atoms with Gasteiger partial charge in [0.25, 0.3) is 5.91 Å². The lowest BCUT2D eigenvalue weighted by molar-refractivity contribution is 0.0947. The van der Waals surface area contributed by atoms with Crippen molar-refractivity contribution in [3.8, 4) is 5.75 Å². The number of ether oxygens (including phenoxy) is 1. The Morgan fingerprint density at radius 1 is 0.906 bits per heavy atom. The highest BCUT2D eigenvalue weighted by molar-refractivity contribution is 7.89. The Morgan fingerprint density at radius 3 is 2.44 bits per heavy atom. The topological polar surface area (TPSA) is 97.6 Å². The first-order valence-corrected chi connectivity index (χ1v) is 11.5. The van der Waals surface area contributed by atoms with Crippen LogP contribution in [0.2, 0.25) is 0 Å². The van der Waals surface area contributed by atoms with Gasteiger partial charge in [-0.2, -0.15) is 0 Å². The van der Waals surface area contributed by atoms with Crippen molar-refractivity contribution in [2.45, 2.75) is 11.4 Å². The van der Waals surface area contributed by atoms with Gasteiger partial charge in [-0.25, -0.2) is 13.1 Å². The smallest absolute Gasteiger partial charge is 0.251 e. The Labute approximate surface area is 186 Å². The van der Waals surface area contributed by atoms with E-state index in [0.29, 0.717) is 24.5 Å². The Hall–Kier alpha value is -3.62. The minimum atomic E-state index is -3.71. The van der Waals surface area contributed by atoms with Crippen molar-refractivity contribution in [2.24, 2.45) is 0 Å². The number of nitrogens with one attached hydrogen (secondary N) is 2. The number of furan rings is 1. The van der Waals surface area contributed by atoms with Gasteiger partial charge in [0, 0.05) is 5.56 Å². The zero-order valence-corrected chi connectivity index (χ0v) is 18.0. The molecular weight excluding hydrogens is 428 g/mol. The largest absolute Gasteiger partial charge is 0.492 e. The molecule has 2 N–H and O–H groups in total. The van der Waals surface area contributed by atoms with E-state index >= 15 is 0 Å². The molecule has 0 radical (unpaired) electrons. The molecule has 0 saturated carbocycles. The molecule has 0 fully saturated rings. The summed E-state index contributed by atoms with van der Waals surface area (Å²) in [4.78, 5) is 12.4. The van der Waals surface area contributed by atoms with Gasteiger partial charge in [0.2, 0.25) is 10.0 Å². The predicted octanol–water partition coefficient (Wildman–Crippen LogP) is 3.72. The molecule has 3 aromatic carbocycles. The molecule has 0 bridgehead atoms. The SMILES string of the molecule is O=C(NCCOc1ccc2ccccc2c1)c1ccc(S(=O)(=O)NCc2ccco2)cc1. The average molecular weight is 451 g/mol. The van der Waals surface area contributed by atoms with Crippen LogP contribution in [0.4, 0.5) is 0 Å². The number of carbonyl (C=O) groups excluding carboxylic acids is 1. The van der Waals surface area contributed by atoms with Crippen LogP contribution in [0.3, 0.4) is 0 Å². The first kappa shape index (κ1) is 21.6. The minimum absolute atomic E-state index is 0.0504. The summed E-state index contributed by atoms with van der Waals surface area (Å²) in [6, 6.07) is 22.9. The number of fused-ring (bicyclic) bond motifs is 1. The lowest BCUT2D eigenvalue weighted by Gasteiger charge is -2.09. The second-order valence-electron chi connectivity index (χ2n) is 7.04. The molecule has 8 heteroatoms. The molecule has 1 amide bonds. The van der Waals surface area contributed by atoms with Gasteiger partial charge in [-0.1, -0.05) is 30.3 Å². The fourth-order valence-electron chi connectivity index (χ4n) is 3.14. The van der Waals surface area contributed by atoms with E-state index < -0.39 is 10.0 Å². The Balaban J connectivity index is 1.26. The summed E-state index contributed by atoms with van der Waals surface area (Å²) in [5.41, 5.74) is 0.362. The highest BCUT2D eigenvalue weighted by atomic mass is 32.2. The molecule has 0 spiro atoms. The number of amides is 1. The van der Waals surface area contributed by atoms with Gasteiger partial charge >= 0.3 is 0 Å². The van der Waals surface area contributed by atoms with E-state index in [-0.39, 0.29) is 17.3 Å². The molecule has 1 heterocycles. The van der Waals surface area contributed by atoms with E-state index in [4.69, 9.17) is 9.15 Å². The number of benzene rings is 3. The van der Waals surface area contributed by atoms with Crippen molar-refractivity contribution >= 4 is 26.7 Å². The number of carbonyl (C=O) groups is 1. The number of rotatable bonds is 9. The average Bonchev–Trinajstić information content (AvgIpc) is 3.34. The van der Waals surface area contributed by atoms with Gasteiger partial charge in [-0.3, -0.25) is 4.79 Å². The van der Waals surface area contributed by atoms with Crippen molar-refractivity contribution in [3.05, 3.63) is 96.4 Å². The van der Waals surface area contributed by atoms with Crippen molar-refractivity contribution in [3.63, 3.8) is 0 Å². The summed E-state index contributed by atoms with van der Waals surface area (Å²) < 4.78 is 38.0. The first-order chi connectivity index (χ1) is 15.5. The van der Waals surface area contributed by atoms with Gasteiger partial charge in [0.15, 0.2) is 0 Å². The van der Waals surface area contributed by atoms with Crippen LogP contribution in [-0.2, 0) is 16.6 Å². The van der Waals surface area contributed by atoms with Crippen LogP contribution in [0.1, 0.15) is 16.1 Å². The third-order valence-electron chi connectivity index (χ3n) is 4.82. The van der Waals surface area contributed by atoms with Crippen LogP contribution in [0.5, 0.6) is 5.75 Å². The first-order valence-electron chi connectivity index (χ1n) is 10.0. The van der Waals surface area contributed by atoms with Crippen LogP contribution in [0.15, 0.2) is 94.4 Å². The Morgan fingerprint density at radius 2 is 1.69 bits per heavy atom. The lowest BCUT2D eigenvalue weighted by Crippen LogP contribution is -2.28. The van der Waals surface area contributed by atoms with E-state index in [1.807, 2.05) is 42.5 Å². The molecule has 4 aromatic rings. The van der Waals surface area contributed by atoms with Crippen LogP contribution in [0.25, 0.3) is 10.8 Å². The van der Waals surface area contributed by atoms with Crippen LogP contribution < -0.4 is 14.8 Å². The Bertz CT molecular complexity index is 1300. The summed E-state index contributed by atoms with van der Waals surface area (Å²) in [6.45, 7) is 0.679. The number of hydrogen-bond donors (Lipinski definition) is 2. The highest BCUT2D eigenvalue weighted by Gasteiger charge is 2.15. The molecule has 0 aliphatic rings. The van der Waals surface area contributed by atoms with Crippen molar-refractivity contribution in [1.29, 1.82) is 0 Å². The lowest BCUT2D eigenvalue weighted by atomic mass is 10.1. The third kappa shape index (κ3) is 5.35. The maximum atomic E-state index is 12.4. The zero-order chi connectivity index (χ0) is 22.4. The fourth-order valence-corrected chi connectivity index (χ4v) is 4.13. The van der Waals surface area contributed by atoms with Crippen LogP contribution in [0, 0.1) is 0 Å². The standard InChI is InChI=1S/C24H22N2O5S/c27-24(25-13-15-31-21-10-7-18-4-1-2-5-20(18)16-21)19-8-11-23(12-9-19)32(28,29)26-17-22-6-3-14-30-22/h1-12,14,16,26H,13,15,17H2,(H,25,27). The molecule has 0 saturated heterocycles.